The Bertz CT molecular complexity index is 712. The standard InChI is InChI=1S/C18H16BrNO2/c19-15-7-3-1-5-13(15)9-10-18(21)20-16-11-12-22-17-8-4-2-6-14(16)17/h1-10,16H,11-12H2,(H,20,21)/b10-9+/t16-/m0/s1. The number of fused-ring (bicyclic) bond motifs is 1. The zero-order valence-corrected chi connectivity index (χ0v) is 13.5. The van der Waals surface area contributed by atoms with Gasteiger partial charge in [0.15, 0.2) is 0 Å². The molecular formula is C18H16BrNO2. The molecule has 1 atom stereocenters. The van der Waals surface area contributed by atoms with E-state index in [0.717, 1.165) is 27.8 Å². The number of hydrogen-bond donors (Lipinski definition) is 1. The Balaban J connectivity index is 1.69. The lowest BCUT2D eigenvalue weighted by atomic mass is 10.0. The molecule has 22 heavy (non-hydrogen) atoms. The van der Waals surface area contributed by atoms with Crippen molar-refractivity contribution in [3.05, 3.63) is 70.2 Å². The van der Waals surface area contributed by atoms with Gasteiger partial charge < -0.3 is 10.1 Å². The van der Waals surface area contributed by atoms with E-state index in [9.17, 15) is 4.79 Å². The summed E-state index contributed by atoms with van der Waals surface area (Å²) in [7, 11) is 0. The first-order chi connectivity index (χ1) is 10.7. The molecule has 0 radical (unpaired) electrons. The minimum atomic E-state index is -0.0996. The van der Waals surface area contributed by atoms with Gasteiger partial charge in [-0.25, -0.2) is 0 Å². The van der Waals surface area contributed by atoms with Gasteiger partial charge in [-0.15, -0.1) is 0 Å². The molecule has 0 unspecified atom stereocenters. The summed E-state index contributed by atoms with van der Waals surface area (Å²) in [5, 5.41) is 3.04. The van der Waals surface area contributed by atoms with Crippen molar-refractivity contribution in [1.29, 1.82) is 0 Å². The summed E-state index contributed by atoms with van der Waals surface area (Å²) in [5.74, 6) is 0.756. The van der Waals surface area contributed by atoms with Gasteiger partial charge >= 0.3 is 0 Å². The number of hydrogen-bond acceptors (Lipinski definition) is 2. The molecule has 1 aliphatic heterocycles. The van der Waals surface area contributed by atoms with Crippen LogP contribution in [0.1, 0.15) is 23.6 Å². The van der Waals surface area contributed by atoms with Crippen molar-refractivity contribution in [2.24, 2.45) is 0 Å². The van der Waals surface area contributed by atoms with Crippen LogP contribution in [0, 0.1) is 0 Å². The lowest BCUT2D eigenvalue weighted by Crippen LogP contribution is -2.30. The topological polar surface area (TPSA) is 38.3 Å². The van der Waals surface area contributed by atoms with Gasteiger partial charge in [-0.2, -0.15) is 0 Å². The summed E-state index contributed by atoms with van der Waals surface area (Å²) in [4.78, 5) is 12.2. The average Bonchev–Trinajstić information content (AvgIpc) is 2.54. The highest BCUT2D eigenvalue weighted by atomic mass is 79.9. The van der Waals surface area contributed by atoms with Crippen LogP contribution in [0.4, 0.5) is 0 Å². The minimum absolute atomic E-state index is 0.00122. The van der Waals surface area contributed by atoms with Crippen LogP contribution in [-0.2, 0) is 4.79 Å². The molecule has 2 aromatic rings. The second-order valence-electron chi connectivity index (χ2n) is 5.09. The molecule has 1 heterocycles. The zero-order valence-electron chi connectivity index (χ0n) is 12.0. The van der Waals surface area contributed by atoms with E-state index in [4.69, 9.17) is 4.74 Å². The quantitative estimate of drug-likeness (QED) is 0.839. The molecule has 0 aliphatic carbocycles. The van der Waals surface area contributed by atoms with E-state index in [-0.39, 0.29) is 11.9 Å². The van der Waals surface area contributed by atoms with Crippen molar-refractivity contribution in [3.63, 3.8) is 0 Å². The molecule has 0 fully saturated rings. The van der Waals surface area contributed by atoms with E-state index in [2.05, 4.69) is 21.2 Å². The van der Waals surface area contributed by atoms with Gasteiger partial charge in [0, 0.05) is 22.5 Å². The largest absolute Gasteiger partial charge is 0.493 e. The molecule has 112 valence electrons. The second kappa shape index (κ2) is 6.79. The highest BCUT2D eigenvalue weighted by molar-refractivity contribution is 9.10. The molecule has 2 aromatic carbocycles. The number of para-hydroxylation sites is 1. The summed E-state index contributed by atoms with van der Waals surface area (Å²) in [6.07, 6.45) is 4.16. The number of carbonyl (C=O) groups is 1. The van der Waals surface area contributed by atoms with Gasteiger partial charge in [0.2, 0.25) is 5.91 Å². The maximum atomic E-state index is 12.2. The van der Waals surface area contributed by atoms with E-state index in [1.165, 1.54) is 0 Å². The minimum Gasteiger partial charge on any atom is -0.493 e. The van der Waals surface area contributed by atoms with Crippen LogP contribution in [0.5, 0.6) is 5.75 Å². The van der Waals surface area contributed by atoms with Crippen LogP contribution < -0.4 is 10.1 Å². The molecule has 3 nitrogen and oxygen atoms in total. The Morgan fingerprint density at radius 2 is 1.95 bits per heavy atom. The Labute approximate surface area is 138 Å². The zero-order chi connectivity index (χ0) is 15.4. The van der Waals surface area contributed by atoms with Crippen molar-refractivity contribution in [1.82, 2.24) is 5.32 Å². The third-order valence-electron chi connectivity index (χ3n) is 3.59. The predicted molar refractivity (Wildman–Crippen MR) is 90.6 cm³/mol. The van der Waals surface area contributed by atoms with E-state index < -0.39 is 0 Å². The Morgan fingerprint density at radius 3 is 2.82 bits per heavy atom. The van der Waals surface area contributed by atoms with Crippen LogP contribution in [0.25, 0.3) is 6.08 Å². The number of amides is 1. The van der Waals surface area contributed by atoms with Crippen molar-refractivity contribution in [3.8, 4) is 5.75 Å². The predicted octanol–water partition coefficient (Wildman–Crippen LogP) is 4.10. The van der Waals surface area contributed by atoms with Gasteiger partial charge in [0.05, 0.1) is 12.6 Å². The van der Waals surface area contributed by atoms with Gasteiger partial charge in [-0.05, 0) is 23.8 Å². The Morgan fingerprint density at radius 1 is 1.18 bits per heavy atom. The SMILES string of the molecule is O=C(/C=C/c1ccccc1Br)N[C@H]1CCOc2ccccc21. The molecule has 0 bridgehead atoms. The molecule has 0 saturated heterocycles. The number of benzene rings is 2. The van der Waals surface area contributed by atoms with Crippen LogP contribution in [0.2, 0.25) is 0 Å². The summed E-state index contributed by atoms with van der Waals surface area (Å²) in [6, 6.07) is 15.6. The first-order valence-electron chi connectivity index (χ1n) is 7.19. The fourth-order valence-electron chi connectivity index (χ4n) is 2.49. The molecule has 0 aromatic heterocycles. The van der Waals surface area contributed by atoms with Gasteiger partial charge in [0.1, 0.15) is 5.75 Å². The van der Waals surface area contributed by atoms with Crippen molar-refractivity contribution in [2.75, 3.05) is 6.61 Å². The molecule has 1 N–H and O–H groups in total. The average molecular weight is 358 g/mol. The van der Waals surface area contributed by atoms with E-state index in [1.54, 1.807) is 6.08 Å². The highest BCUT2D eigenvalue weighted by Crippen LogP contribution is 2.31. The number of nitrogens with one attached hydrogen (secondary N) is 1. The fourth-order valence-corrected chi connectivity index (χ4v) is 2.90. The Hall–Kier alpha value is -2.07. The molecule has 4 heteroatoms. The molecule has 1 amide bonds. The summed E-state index contributed by atoms with van der Waals surface area (Å²) < 4.78 is 6.57. The van der Waals surface area contributed by atoms with Crippen molar-refractivity contribution in [2.45, 2.75) is 12.5 Å². The normalized spacial score (nSPS) is 16.9. The first-order valence-corrected chi connectivity index (χ1v) is 7.98. The Kier molecular flexibility index (Phi) is 4.59. The number of rotatable bonds is 3. The molecule has 0 saturated carbocycles. The van der Waals surface area contributed by atoms with Gasteiger partial charge in [0.25, 0.3) is 0 Å². The molecular weight excluding hydrogens is 342 g/mol. The van der Waals surface area contributed by atoms with Crippen molar-refractivity contribution < 1.29 is 9.53 Å². The van der Waals surface area contributed by atoms with E-state index in [0.29, 0.717) is 6.61 Å². The summed E-state index contributed by atoms with van der Waals surface area (Å²) in [5.41, 5.74) is 2.02. The van der Waals surface area contributed by atoms with Crippen LogP contribution in [0.3, 0.4) is 0 Å². The first kappa shape index (κ1) is 14.9. The van der Waals surface area contributed by atoms with Gasteiger partial charge in [-0.1, -0.05) is 52.3 Å². The molecule has 0 spiro atoms. The molecule has 3 rings (SSSR count). The maximum absolute atomic E-state index is 12.2. The summed E-state index contributed by atoms with van der Waals surface area (Å²) >= 11 is 3.47. The monoisotopic (exact) mass is 357 g/mol. The smallest absolute Gasteiger partial charge is 0.244 e. The lowest BCUT2D eigenvalue weighted by Gasteiger charge is -2.26. The van der Waals surface area contributed by atoms with E-state index in [1.807, 2.05) is 54.6 Å². The van der Waals surface area contributed by atoms with Crippen LogP contribution in [0.15, 0.2) is 59.1 Å². The lowest BCUT2D eigenvalue weighted by molar-refractivity contribution is -0.117. The van der Waals surface area contributed by atoms with Gasteiger partial charge in [-0.3, -0.25) is 4.79 Å². The number of ether oxygens (including phenoxy) is 1. The van der Waals surface area contributed by atoms with Crippen molar-refractivity contribution >= 4 is 27.9 Å². The summed E-state index contributed by atoms with van der Waals surface area (Å²) in [6.45, 7) is 0.621. The van der Waals surface area contributed by atoms with Crippen LogP contribution >= 0.6 is 15.9 Å². The second-order valence-corrected chi connectivity index (χ2v) is 5.95. The third-order valence-corrected chi connectivity index (χ3v) is 4.32. The number of halogens is 1. The third kappa shape index (κ3) is 3.39. The maximum Gasteiger partial charge on any atom is 0.244 e. The highest BCUT2D eigenvalue weighted by Gasteiger charge is 2.21. The fraction of sp³-hybridized carbons (Fsp3) is 0.167. The number of carbonyl (C=O) groups excluding carboxylic acids is 1. The van der Waals surface area contributed by atoms with Crippen LogP contribution in [-0.4, -0.2) is 12.5 Å². The molecule has 1 aliphatic rings. The van der Waals surface area contributed by atoms with E-state index >= 15 is 0 Å².